The molecule has 1 unspecified atom stereocenters. The lowest BCUT2D eigenvalue weighted by molar-refractivity contribution is -0.126. The smallest absolute Gasteiger partial charge is 0.225 e. The third-order valence-electron chi connectivity index (χ3n) is 3.30. The molecule has 1 aromatic rings. The predicted molar refractivity (Wildman–Crippen MR) is 74.6 cm³/mol. The summed E-state index contributed by atoms with van der Waals surface area (Å²) in [6.07, 6.45) is 6.80. The molecule has 1 saturated carbocycles. The highest BCUT2D eigenvalue weighted by Gasteiger charge is 2.28. The maximum Gasteiger partial charge on any atom is 0.225 e. The Kier molecular flexibility index (Phi) is 3.94. The first-order valence-electron chi connectivity index (χ1n) is 6.93. The topological polar surface area (TPSA) is 72.9 Å². The highest BCUT2D eigenvalue weighted by Crippen LogP contribution is 2.36. The summed E-state index contributed by atoms with van der Waals surface area (Å²) in [5, 5.41) is 3.00. The Balaban J connectivity index is 2.02. The van der Waals surface area contributed by atoms with Crippen LogP contribution >= 0.6 is 0 Å². The van der Waals surface area contributed by atoms with Crippen molar-refractivity contribution in [2.75, 3.05) is 6.54 Å². The van der Waals surface area contributed by atoms with Crippen molar-refractivity contribution in [1.82, 2.24) is 14.9 Å². The molecule has 1 heterocycles. The molecule has 1 fully saturated rings. The van der Waals surface area contributed by atoms with Gasteiger partial charge in [-0.3, -0.25) is 4.79 Å². The number of carbonyl (C=O) groups excluding carboxylic acids is 1. The van der Waals surface area contributed by atoms with Crippen LogP contribution in [0.1, 0.15) is 45.3 Å². The van der Waals surface area contributed by atoms with Crippen LogP contribution in [-0.4, -0.2) is 27.5 Å². The van der Waals surface area contributed by atoms with Gasteiger partial charge in [-0.2, -0.15) is 0 Å². The van der Waals surface area contributed by atoms with Crippen molar-refractivity contribution < 1.29 is 4.79 Å². The molecule has 0 radical (unpaired) electrons. The number of nitrogens with one attached hydrogen (secondary N) is 1. The average Bonchev–Trinajstić information content (AvgIpc) is 3.04. The van der Waals surface area contributed by atoms with Crippen LogP contribution in [0.4, 0.5) is 0 Å². The zero-order chi connectivity index (χ0) is 14.0. The first-order chi connectivity index (χ1) is 8.90. The Labute approximate surface area is 114 Å². The summed E-state index contributed by atoms with van der Waals surface area (Å²) in [4.78, 5) is 16.4. The molecule has 1 atom stereocenters. The highest BCUT2D eigenvalue weighted by atomic mass is 16.2. The van der Waals surface area contributed by atoms with Gasteiger partial charge in [0.2, 0.25) is 5.91 Å². The van der Waals surface area contributed by atoms with E-state index in [2.05, 4.69) is 14.9 Å². The molecule has 1 amide bonds. The van der Waals surface area contributed by atoms with Crippen molar-refractivity contribution in [2.24, 2.45) is 11.7 Å². The molecular weight excluding hydrogens is 240 g/mol. The van der Waals surface area contributed by atoms with Crippen molar-refractivity contribution in [2.45, 2.75) is 51.6 Å². The maximum atomic E-state index is 12.2. The van der Waals surface area contributed by atoms with Gasteiger partial charge in [0.25, 0.3) is 0 Å². The van der Waals surface area contributed by atoms with E-state index in [-0.39, 0.29) is 17.4 Å². The van der Waals surface area contributed by atoms with Gasteiger partial charge in [-0.15, -0.1) is 0 Å². The van der Waals surface area contributed by atoms with Crippen molar-refractivity contribution in [3.63, 3.8) is 0 Å². The maximum absolute atomic E-state index is 12.2. The fourth-order valence-corrected chi connectivity index (χ4v) is 2.18. The Hall–Kier alpha value is -1.36. The van der Waals surface area contributed by atoms with E-state index in [0.29, 0.717) is 19.0 Å². The molecule has 19 heavy (non-hydrogen) atoms. The summed E-state index contributed by atoms with van der Waals surface area (Å²) in [5.41, 5.74) is 6.65. The Bertz CT molecular complexity index is 443. The van der Waals surface area contributed by atoms with Gasteiger partial charge in [-0.1, -0.05) is 0 Å². The van der Waals surface area contributed by atoms with Gasteiger partial charge in [0.05, 0.1) is 12.2 Å². The first-order valence-corrected chi connectivity index (χ1v) is 6.93. The second-order valence-corrected chi connectivity index (χ2v) is 6.40. The lowest BCUT2D eigenvalue weighted by Crippen LogP contribution is -2.46. The molecule has 0 aliphatic heterocycles. The minimum atomic E-state index is -0.221. The van der Waals surface area contributed by atoms with Crippen molar-refractivity contribution >= 4 is 5.91 Å². The zero-order valence-electron chi connectivity index (χ0n) is 12.0. The molecule has 0 spiro atoms. The van der Waals surface area contributed by atoms with Gasteiger partial charge in [0, 0.05) is 36.4 Å². The molecular formula is C14H24N4O. The van der Waals surface area contributed by atoms with Gasteiger partial charge in [0.15, 0.2) is 0 Å². The monoisotopic (exact) mass is 264 g/mol. The van der Waals surface area contributed by atoms with Crippen LogP contribution in [0, 0.1) is 5.92 Å². The molecule has 5 nitrogen and oxygen atoms in total. The van der Waals surface area contributed by atoms with E-state index in [9.17, 15) is 4.79 Å². The molecule has 0 bridgehead atoms. The van der Waals surface area contributed by atoms with E-state index < -0.39 is 0 Å². The lowest BCUT2D eigenvalue weighted by Gasteiger charge is -2.24. The molecule has 106 valence electrons. The van der Waals surface area contributed by atoms with Crippen LogP contribution in [0.25, 0.3) is 0 Å². The SMILES string of the molecule is CC(C)(C)NC(=O)C(CN)Cc1cncn1C1CC1. The minimum Gasteiger partial charge on any atom is -0.351 e. The second kappa shape index (κ2) is 5.33. The quantitative estimate of drug-likeness (QED) is 0.840. The number of aromatic nitrogens is 2. The van der Waals surface area contributed by atoms with Gasteiger partial charge in [-0.25, -0.2) is 4.98 Å². The third kappa shape index (κ3) is 3.80. The predicted octanol–water partition coefficient (Wildman–Crippen LogP) is 1.25. The molecule has 0 aromatic carbocycles. The van der Waals surface area contributed by atoms with Crippen LogP contribution in [0.3, 0.4) is 0 Å². The normalized spacial score (nSPS) is 17.3. The van der Waals surface area contributed by atoms with Crippen molar-refractivity contribution in [1.29, 1.82) is 0 Å². The van der Waals surface area contributed by atoms with Crippen molar-refractivity contribution in [3.05, 3.63) is 18.2 Å². The van der Waals surface area contributed by atoms with Gasteiger partial charge in [0.1, 0.15) is 0 Å². The van der Waals surface area contributed by atoms with Gasteiger partial charge in [-0.05, 0) is 33.6 Å². The van der Waals surface area contributed by atoms with Crippen LogP contribution in [0.5, 0.6) is 0 Å². The second-order valence-electron chi connectivity index (χ2n) is 6.40. The molecule has 3 N–H and O–H groups in total. The standard InChI is InChI=1S/C14H24N4O/c1-14(2,3)17-13(19)10(7-15)6-12-8-16-9-18(12)11-4-5-11/h8-11H,4-7,15H2,1-3H3,(H,17,19). The summed E-state index contributed by atoms with van der Waals surface area (Å²) >= 11 is 0. The largest absolute Gasteiger partial charge is 0.351 e. The molecule has 1 aromatic heterocycles. The fraction of sp³-hybridized carbons (Fsp3) is 0.714. The summed E-state index contributed by atoms with van der Waals surface area (Å²) in [6, 6.07) is 0.585. The van der Waals surface area contributed by atoms with Crippen molar-refractivity contribution in [3.8, 4) is 0 Å². The number of hydrogen-bond acceptors (Lipinski definition) is 3. The Morgan fingerprint density at radius 2 is 2.26 bits per heavy atom. The van der Waals surface area contributed by atoms with Gasteiger partial charge >= 0.3 is 0 Å². The average molecular weight is 264 g/mol. The Morgan fingerprint density at radius 1 is 1.58 bits per heavy atom. The molecule has 1 aliphatic carbocycles. The van der Waals surface area contributed by atoms with E-state index in [4.69, 9.17) is 5.73 Å². The lowest BCUT2D eigenvalue weighted by atomic mass is 10.00. The van der Waals surface area contributed by atoms with E-state index in [1.54, 1.807) is 0 Å². The number of hydrogen-bond donors (Lipinski definition) is 2. The summed E-state index contributed by atoms with van der Waals surface area (Å²) in [5.74, 6) is -0.160. The zero-order valence-corrected chi connectivity index (χ0v) is 12.0. The number of carbonyl (C=O) groups is 1. The van der Waals surface area contributed by atoms with Crippen LogP contribution in [0.15, 0.2) is 12.5 Å². The summed E-state index contributed by atoms with van der Waals surface area (Å²) in [6.45, 7) is 6.30. The van der Waals surface area contributed by atoms with Crippen LogP contribution in [0.2, 0.25) is 0 Å². The van der Waals surface area contributed by atoms with E-state index >= 15 is 0 Å². The molecule has 0 saturated heterocycles. The third-order valence-corrected chi connectivity index (χ3v) is 3.30. The van der Waals surface area contributed by atoms with Crippen LogP contribution in [-0.2, 0) is 11.2 Å². The Morgan fingerprint density at radius 3 is 2.79 bits per heavy atom. The van der Waals surface area contributed by atoms with E-state index in [1.165, 1.54) is 12.8 Å². The first kappa shape index (κ1) is 14.1. The molecule has 1 aliphatic rings. The molecule has 2 rings (SSSR count). The molecule has 5 heteroatoms. The number of imidazole rings is 1. The highest BCUT2D eigenvalue weighted by molar-refractivity contribution is 5.79. The van der Waals surface area contributed by atoms with E-state index in [0.717, 1.165) is 5.69 Å². The van der Waals surface area contributed by atoms with Crippen LogP contribution < -0.4 is 11.1 Å². The number of nitrogens with zero attached hydrogens (tertiary/aromatic N) is 2. The summed E-state index contributed by atoms with van der Waals surface area (Å²) in [7, 11) is 0. The number of nitrogens with two attached hydrogens (primary N) is 1. The fourth-order valence-electron chi connectivity index (χ4n) is 2.18. The number of rotatable bonds is 5. The van der Waals surface area contributed by atoms with Gasteiger partial charge < -0.3 is 15.6 Å². The van der Waals surface area contributed by atoms with E-state index in [1.807, 2.05) is 33.3 Å². The number of amides is 1. The minimum absolute atomic E-state index is 0.0264. The summed E-state index contributed by atoms with van der Waals surface area (Å²) < 4.78 is 2.19.